The molecule has 3 N–H and O–H groups in total. The van der Waals surface area contributed by atoms with E-state index in [0.717, 1.165) is 25.7 Å². The van der Waals surface area contributed by atoms with E-state index in [-0.39, 0.29) is 0 Å². The van der Waals surface area contributed by atoms with Gasteiger partial charge >= 0.3 is 0 Å². The van der Waals surface area contributed by atoms with E-state index in [1.54, 1.807) is 0 Å². The number of hydrogen-bond donors (Lipinski definition) is 3. The highest BCUT2D eigenvalue weighted by atomic mass is 16.8. The summed E-state index contributed by atoms with van der Waals surface area (Å²) in [6, 6.07) is 0. The lowest BCUT2D eigenvalue weighted by Gasteiger charge is -2.33. The molecule has 104 valence electrons. The molecule has 1 saturated carbocycles. The standard InChI is InChI=1S/C12H20O6/c13-6-7(14)9-8(15)10-11(16-9)18-12(17-10)4-2-1-3-5-12/h7-11,13-15H,1-6H2/t7-,8-,9-,10-,11-/m1/s1. The second kappa shape index (κ2) is 4.70. The van der Waals surface area contributed by atoms with Gasteiger partial charge in [0.1, 0.15) is 24.4 Å². The monoisotopic (exact) mass is 260 g/mol. The predicted octanol–water partition coefficient (Wildman–Crippen LogP) is -0.499. The zero-order valence-corrected chi connectivity index (χ0v) is 10.2. The Bertz CT molecular complexity index is 303. The summed E-state index contributed by atoms with van der Waals surface area (Å²) < 4.78 is 17.1. The normalized spacial score (nSPS) is 44.2. The second-order valence-electron chi connectivity index (χ2n) is 5.38. The van der Waals surface area contributed by atoms with Crippen LogP contribution in [0.3, 0.4) is 0 Å². The molecule has 3 aliphatic rings. The third-order valence-corrected chi connectivity index (χ3v) is 4.10. The lowest BCUT2D eigenvalue weighted by molar-refractivity contribution is -0.254. The fourth-order valence-corrected chi connectivity index (χ4v) is 3.12. The van der Waals surface area contributed by atoms with Crippen molar-refractivity contribution in [3.05, 3.63) is 0 Å². The van der Waals surface area contributed by atoms with Crippen LogP contribution in [0.4, 0.5) is 0 Å². The lowest BCUT2D eigenvalue weighted by Crippen LogP contribution is -2.43. The van der Waals surface area contributed by atoms with Gasteiger partial charge in [-0.3, -0.25) is 0 Å². The van der Waals surface area contributed by atoms with Gasteiger partial charge in [-0.15, -0.1) is 0 Å². The Morgan fingerprint density at radius 1 is 1.17 bits per heavy atom. The molecule has 6 heteroatoms. The molecular weight excluding hydrogens is 240 g/mol. The molecule has 3 fully saturated rings. The van der Waals surface area contributed by atoms with E-state index >= 15 is 0 Å². The van der Waals surface area contributed by atoms with E-state index in [0.29, 0.717) is 0 Å². The first-order valence-corrected chi connectivity index (χ1v) is 6.63. The van der Waals surface area contributed by atoms with Crippen LogP contribution in [0.5, 0.6) is 0 Å². The third-order valence-electron chi connectivity index (χ3n) is 4.10. The maximum atomic E-state index is 10.1. The first-order chi connectivity index (χ1) is 8.65. The highest BCUT2D eigenvalue weighted by Crippen LogP contribution is 2.45. The van der Waals surface area contributed by atoms with Crippen LogP contribution in [-0.2, 0) is 14.2 Å². The first-order valence-electron chi connectivity index (χ1n) is 6.63. The number of aliphatic hydroxyl groups is 3. The largest absolute Gasteiger partial charge is 0.394 e. The molecule has 1 aliphatic carbocycles. The van der Waals surface area contributed by atoms with Crippen molar-refractivity contribution < 1.29 is 29.5 Å². The van der Waals surface area contributed by atoms with E-state index in [9.17, 15) is 10.2 Å². The van der Waals surface area contributed by atoms with Gasteiger partial charge < -0.3 is 29.5 Å². The van der Waals surface area contributed by atoms with Gasteiger partial charge in [0.2, 0.25) is 0 Å². The molecule has 1 spiro atoms. The highest BCUT2D eigenvalue weighted by molar-refractivity contribution is 4.97. The molecule has 2 heterocycles. The van der Waals surface area contributed by atoms with Crippen LogP contribution >= 0.6 is 0 Å². The van der Waals surface area contributed by atoms with E-state index in [1.165, 1.54) is 6.42 Å². The molecule has 5 atom stereocenters. The molecule has 0 aromatic heterocycles. The van der Waals surface area contributed by atoms with Crippen LogP contribution in [0.25, 0.3) is 0 Å². The van der Waals surface area contributed by atoms with Gasteiger partial charge in [0, 0.05) is 12.8 Å². The van der Waals surface area contributed by atoms with Crippen LogP contribution in [0.2, 0.25) is 0 Å². The van der Waals surface area contributed by atoms with Crippen molar-refractivity contribution in [3.8, 4) is 0 Å². The minimum absolute atomic E-state index is 0.452. The van der Waals surface area contributed by atoms with E-state index < -0.39 is 43.1 Å². The highest BCUT2D eigenvalue weighted by Gasteiger charge is 2.58. The molecule has 3 rings (SSSR count). The van der Waals surface area contributed by atoms with Gasteiger partial charge in [0.05, 0.1) is 6.61 Å². The van der Waals surface area contributed by atoms with Gasteiger partial charge in [-0.05, 0) is 12.8 Å². The van der Waals surface area contributed by atoms with Crippen molar-refractivity contribution in [2.24, 2.45) is 0 Å². The minimum atomic E-state index is -1.11. The molecule has 2 aliphatic heterocycles. The van der Waals surface area contributed by atoms with E-state index in [1.807, 2.05) is 0 Å². The summed E-state index contributed by atoms with van der Waals surface area (Å²) in [6.45, 7) is -0.452. The maximum Gasteiger partial charge on any atom is 0.190 e. The summed E-state index contributed by atoms with van der Waals surface area (Å²) in [5.74, 6) is -0.607. The fourth-order valence-electron chi connectivity index (χ4n) is 3.12. The molecule has 0 amide bonds. The maximum absolute atomic E-state index is 10.1. The Kier molecular flexibility index (Phi) is 3.34. The van der Waals surface area contributed by atoms with Crippen LogP contribution in [0.15, 0.2) is 0 Å². The summed E-state index contributed by atoms with van der Waals surface area (Å²) in [5, 5.41) is 28.5. The molecule has 0 unspecified atom stereocenters. The van der Waals surface area contributed by atoms with Crippen LogP contribution in [0.1, 0.15) is 32.1 Å². The van der Waals surface area contributed by atoms with Crippen molar-refractivity contribution in [1.82, 2.24) is 0 Å². The van der Waals surface area contributed by atoms with E-state index in [2.05, 4.69) is 0 Å². The predicted molar refractivity (Wildman–Crippen MR) is 59.5 cm³/mol. The summed E-state index contributed by atoms with van der Waals surface area (Å²) in [4.78, 5) is 0. The Labute approximate surface area is 105 Å². The van der Waals surface area contributed by atoms with Crippen LogP contribution < -0.4 is 0 Å². The van der Waals surface area contributed by atoms with Gasteiger partial charge in [-0.25, -0.2) is 0 Å². The molecule has 2 saturated heterocycles. The van der Waals surface area contributed by atoms with Gasteiger partial charge in [-0.1, -0.05) is 6.42 Å². The summed E-state index contributed by atoms with van der Waals surface area (Å²) >= 11 is 0. The smallest absolute Gasteiger partial charge is 0.190 e. The van der Waals surface area contributed by atoms with Crippen LogP contribution in [-0.4, -0.2) is 58.4 Å². The number of aliphatic hydroxyl groups excluding tert-OH is 3. The third kappa shape index (κ3) is 1.97. The van der Waals surface area contributed by atoms with Crippen molar-refractivity contribution >= 4 is 0 Å². The average Bonchev–Trinajstić information content (AvgIpc) is 2.86. The lowest BCUT2D eigenvalue weighted by atomic mass is 9.94. The summed E-state index contributed by atoms with van der Waals surface area (Å²) in [6.07, 6.45) is 0.824. The number of ether oxygens (including phenoxy) is 3. The van der Waals surface area contributed by atoms with Crippen molar-refractivity contribution in [3.63, 3.8) is 0 Å². The van der Waals surface area contributed by atoms with Crippen molar-refractivity contribution in [2.75, 3.05) is 6.61 Å². The van der Waals surface area contributed by atoms with Gasteiger partial charge in [0.15, 0.2) is 12.1 Å². The number of hydrogen-bond acceptors (Lipinski definition) is 6. The number of fused-ring (bicyclic) bond motifs is 1. The Hall–Kier alpha value is -0.240. The molecular formula is C12H20O6. The van der Waals surface area contributed by atoms with Crippen molar-refractivity contribution in [2.45, 2.75) is 68.6 Å². The van der Waals surface area contributed by atoms with Crippen molar-refractivity contribution in [1.29, 1.82) is 0 Å². The molecule has 0 aromatic carbocycles. The SMILES string of the molecule is OC[C@@H](O)[C@H]1O[C@@H]2OC3(CCCCC3)O[C@@H]2[C@@H]1O. The molecule has 18 heavy (non-hydrogen) atoms. The Morgan fingerprint density at radius 3 is 2.50 bits per heavy atom. The van der Waals surface area contributed by atoms with E-state index in [4.69, 9.17) is 19.3 Å². The summed E-state index contributed by atoms with van der Waals surface area (Å²) in [5.41, 5.74) is 0. The first kappa shape index (κ1) is 12.8. The Balaban J connectivity index is 1.68. The molecule has 0 aromatic rings. The Morgan fingerprint density at radius 2 is 1.89 bits per heavy atom. The second-order valence-corrected chi connectivity index (χ2v) is 5.38. The van der Waals surface area contributed by atoms with Gasteiger partial charge in [0.25, 0.3) is 0 Å². The topological polar surface area (TPSA) is 88.4 Å². The quantitative estimate of drug-likeness (QED) is 0.620. The molecule has 0 radical (unpaired) electrons. The molecule has 6 nitrogen and oxygen atoms in total. The number of rotatable bonds is 2. The average molecular weight is 260 g/mol. The molecule has 0 bridgehead atoms. The fraction of sp³-hybridized carbons (Fsp3) is 1.00. The van der Waals surface area contributed by atoms with Crippen LogP contribution in [0, 0.1) is 0 Å². The summed E-state index contributed by atoms with van der Waals surface area (Å²) in [7, 11) is 0. The zero-order chi connectivity index (χ0) is 12.8. The zero-order valence-electron chi connectivity index (χ0n) is 10.2. The van der Waals surface area contributed by atoms with Gasteiger partial charge in [-0.2, -0.15) is 0 Å². The minimum Gasteiger partial charge on any atom is -0.394 e.